The monoisotopic (exact) mass is 427 g/mol. The average Bonchev–Trinajstić information content (AvgIpc) is 3.23. The number of ether oxygens (including phenoxy) is 1. The quantitative estimate of drug-likeness (QED) is 0.553. The second-order valence-electron chi connectivity index (χ2n) is 9.06. The van der Waals surface area contributed by atoms with Crippen LogP contribution < -0.4 is 4.74 Å². The fraction of sp³-hybridized carbons (Fsp3) is 0.600. The normalized spacial score (nSPS) is 15.4. The summed E-state index contributed by atoms with van der Waals surface area (Å²) < 4.78 is 10.8. The third-order valence-corrected chi connectivity index (χ3v) is 5.92. The Morgan fingerprint density at radius 2 is 2.03 bits per heavy atom. The Morgan fingerprint density at radius 3 is 2.71 bits per heavy atom. The standard InChI is InChI=1S/C25H37N3O3/c1-5-8-22-15-23(26-31-22)25(29)28(16-19(2)3)17-20-11-13-27(14-12-20)18-21-9-6-7-10-24(21)30-4/h6-7,9-10,15,19-20H,5,8,11-14,16-18H2,1-4H3. The lowest BCUT2D eigenvalue weighted by Crippen LogP contribution is -2.42. The maximum atomic E-state index is 13.1. The van der Waals surface area contributed by atoms with Crippen molar-refractivity contribution in [2.24, 2.45) is 11.8 Å². The van der Waals surface area contributed by atoms with Crippen molar-refractivity contribution < 1.29 is 14.1 Å². The molecule has 6 nitrogen and oxygen atoms in total. The minimum absolute atomic E-state index is 0.00347. The Balaban J connectivity index is 1.56. The molecule has 0 unspecified atom stereocenters. The molecule has 2 heterocycles. The van der Waals surface area contributed by atoms with Gasteiger partial charge in [0.2, 0.25) is 0 Å². The van der Waals surface area contributed by atoms with Crippen molar-refractivity contribution in [2.75, 3.05) is 33.3 Å². The summed E-state index contributed by atoms with van der Waals surface area (Å²) in [4.78, 5) is 17.6. The zero-order chi connectivity index (χ0) is 22.2. The van der Waals surface area contributed by atoms with E-state index < -0.39 is 0 Å². The highest BCUT2D eigenvalue weighted by Crippen LogP contribution is 2.24. The minimum Gasteiger partial charge on any atom is -0.496 e. The maximum Gasteiger partial charge on any atom is 0.276 e. The Bertz CT molecular complexity index is 825. The molecule has 0 aliphatic carbocycles. The summed E-state index contributed by atoms with van der Waals surface area (Å²) >= 11 is 0. The first-order valence-corrected chi connectivity index (χ1v) is 11.6. The molecule has 1 aromatic carbocycles. The highest BCUT2D eigenvalue weighted by Gasteiger charge is 2.26. The van der Waals surface area contributed by atoms with Crippen LogP contribution in [-0.4, -0.2) is 54.2 Å². The van der Waals surface area contributed by atoms with Gasteiger partial charge >= 0.3 is 0 Å². The van der Waals surface area contributed by atoms with Crippen LogP contribution in [0, 0.1) is 11.8 Å². The van der Waals surface area contributed by atoms with Crippen molar-refractivity contribution in [3.63, 3.8) is 0 Å². The van der Waals surface area contributed by atoms with Gasteiger partial charge < -0.3 is 14.2 Å². The van der Waals surface area contributed by atoms with E-state index in [9.17, 15) is 4.79 Å². The van der Waals surface area contributed by atoms with Crippen LogP contribution in [0.2, 0.25) is 0 Å². The summed E-state index contributed by atoms with van der Waals surface area (Å²) in [6.45, 7) is 10.9. The molecule has 170 valence electrons. The molecule has 0 bridgehead atoms. The number of nitrogens with zero attached hydrogens (tertiary/aromatic N) is 3. The number of methoxy groups -OCH3 is 1. The van der Waals surface area contributed by atoms with Crippen LogP contribution >= 0.6 is 0 Å². The molecule has 1 aromatic heterocycles. The van der Waals surface area contributed by atoms with Crippen LogP contribution in [0.5, 0.6) is 5.75 Å². The molecule has 0 saturated carbocycles. The zero-order valence-electron chi connectivity index (χ0n) is 19.5. The van der Waals surface area contributed by atoms with Crippen molar-refractivity contribution in [3.05, 3.63) is 47.3 Å². The van der Waals surface area contributed by atoms with E-state index in [1.165, 1.54) is 5.56 Å². The molecule has 3 rings (SSSR count). The number of hydrogen-bond acceptors (Lipinski definition) is 5. The molecule has 1 aliphatic rings. The van der Waals surface area contributed by atoms with Gasteiger partial charge in [0.05, 0.1) is 7.11 Å². The topological polar surface area (TPSA) is 58.8 Å². The molecule has 1 saturated heterocycles. The van der Waals surface area contributed by atoms with E-state index in [4.69, 9.17) is 9.26 Å². The van der Waals surface area contributed by atoms with Gasteiger partial charge in [-0.25, -0.2) is 0 Å². The van der Waals surface area contributed by atoms with Crippen LogP contribution in [0.4, 0.5) is 0 Å². The van der Waals surface area contributed by atoms with Crippen LogP contribution in [0.15, 0.2) is 34.9 Å². The molecule has 0 spiro atoms. The van der Waals surface area contributed by atoms with E-state index in [1.54, 1.807) is 7.11 Å². The van der Waals surface area contributed by atoms with Gasteiger partial charge in [-0.2, -0.15) is 0 Å². The number of hydrogen-bond donors (Lipinski definition) is 0. The molecule has 0 radical (unpaired) electrons. The summed E-state index contributed by atoms with van der Waals surface area (Å²) in [6, 6.07) is 10.0. The SMILES string of the molecule is CCCc1cc(C(=O)N(CC(C)C)CC2CCN(Cc3ccccc3OC)CC2)no1. The first-order chi connectivity index (χ1) is 15.0. The molecule has 6 heteroatoms. The number of piperidine rings is 1. The largest absolute Gasteiger partial charge is 0.496 e. The lowest BCUT2D eigenvalue weighted by molar-refractivity contribution is 0.0653. The minimum atomic E-state index is -0.00347. The number of benzene rings is 1. The third kappa shape index (κ3) is 6.57. The van der Waals surface area contributed by atoms with Crippen LogP contribution in [0.1, 0.15) is 61.8 Å². The molecule has 1 aliphatic heterocycles. The molecular formula is C25H37N3O3. The van der Waals surface area contributed by atoms with Gasteiger partial charge in [0.1, 0.15) is 11.5 Å². The van der Waals surface area contributed by atoms with E-state index in [1.807, 2.05) is 23.1 Å². The highest BCUT2D eigenvalue weighted by molar-refractivity contribution is 5.92. The predicted molar refractivity (Wildman–Crippen MR) is 122 cm³/mol. The zero-order valence-corrected chi connectivity index (χ0v) is 19.5. The first-order valence-electron chi connectivity index (χ1n) is 11.6. The predicted octanol–water partition coefficient (Wildman–Crippen LogP) is 4.65. The third-order valence-electron chi connectivity index (χ3n) is 5.92. The van der Waals surface area contributed by atoms with Gasteiger partial charge in [0, 0.05) is 37.7 Å². The lowest BCUT2D eigenvalue weighted by Gasteiger charge is -2.35. The molecule has 1 fully saturated rings. The maximum absolute atomic E-state index is 13.1. The van der Waals surface area contributed by atoms with E-state index in [0.717, 1.165) is 69.9 Å². The molecule has 1 amide bonds. The fourth-order valence-corrected chi connectivity index (χ4v) is 4.33. The number of para-hydroxylation sites is 1. The van der Waals surface area contributed by atoms with E-state index in [0.29, 0.717) is 17.5 Å². The highest BCUT2D eigenvalue weighted by atomic mass is 16.5. The van der Waals surface area contributed by atoms with Crippen LogP contribution in [0.3, 0.4) is 0 Å². The average molecular weight is 428 g/mol. The van der Waals surface area contributed by atoms with Gasteiger partial charge in [0.15, 0.2) is 5.69 Å². The van der Waals surface area contributed by atoms with Gasteiger partial charge in [-0.15, -0.1) is 0 Å². The number of amides is 1. The summed E-state index contributed by atoms with van der Waals surface area (Å²) in [7, 11) is 1.73. The van der Waals surface area contributed by atoms with Crippen LogP contribution in [0.25, 0.3) is 0 Å². The lowest BCUT2D eigenvalue weighted by atomic mass is 9.95. The van der Waals surface area contributed by atoms with Crippen molar-refractivity contribution in [2.45, 2.75) is 53.0 Å². The Kier molecular flexibility index (Phi) is 8.52. The molecule has 0 atom stereocenters. The van der Waals surface area contributed by atoms with Crippen molar-refractivity contribution in [3.8, 4) is 5.75 Å². The number of rotatable bonds is 10. The molecule has 0 N–H and O–H groups in total. The number of aryl methyl sites for hydroxylation is 1. The van der Waals surface area contributed by atoms with E-state index in [2.05, 4.69) is 43.0 Å². The van der Waals surface area contributed by atoms with Gasteiger partial charge in [0.25, 0.3) is 5.91 Å². The number of likely N-dealkylation sites (tertiary alicyclic amines) is 1. The van der Waals surface area contributed by atoms with E-state index in [-0.39, 0.29) is 5.91 Å². The van der Waals surface area contributed by atoms with E-state index >= 15 is 0 Å². The van der Waals surface area contributed by atoms with Crippen molar-refractivity contribution in [1.29, 1.82) is 0 Å². The molecular weight excluding hydrogens is 390 g/mol. The van der Waals surface area contributed by atoms with Gasteiger partial charge in [-0.3, -0.25) is 9.69 Å². The number of carbonyl (C=O) groups excluding carboxylic acids is 1. The van der Waals surface area contributed by atoms with Crippen molar-refractivity contribution >= 4 is 5.91 Å². The van der Waals surface area contributed by atoms with Gasteiger partial charge in [-0.1, -0.05) is 44.1 Å². The summed E-state index contributed by atoms with van der Waals surface area (Å²) in [5.74, 6) is 2.67. The Morgan fingerprint density at radius 1 is 1.29 bits per heavy atom. The fourth-order valence-electron chi connectivity index (χ4n) is 4.33. The summed E-state index contributed by atoms with van der Waals surface area (Å²) in [5, 5.41) is 4.04. The first kappa shape index (κ1) is 23.3. The molecule has 2 aromatic rings. The molecule has 31 heavy (non-hydrogen) atoms. The van der Waals surface area contributed by atoms with Crippen LogP contribution in [-0.2, 0) is 13.0 Å². The number of carbonyl (C=O) groups is 1. The number of aromatic nitrogens is 1. The van der Waals surface area contributed by atoms with Gasteiger partial charge in [-0.05, 0) is 50.3 Å². The summed E-state index contributed by atoms with van der Waals surface area (Å²) in [6.07, 6.45) is 3.98. The smallest absolute Gasteiger partial charge is 0.276 e. The second-order valence-corrected chi connectivity index (χ2v) is 9.06. The Labute approximate surface area is 186 Å². The second kappa shape index (κ2) is 11.3. The van der Waals surface area contributed by atoms with Crippen molar-refractivity contribution in [1.82, 2.24) is 15.0 Å². The Hall–Kier alpha value is -2.34. The summed E-state index contributed by atoms with van der Waals surface area (Å²) in [5.41, 5.74) is 1.67.